The number of ether oxygens (including phenoxy) is 3. The smallest absolute Gasteiger partial charge is 0.339 e. The molecule has 5 rings (SSSR count). The van der Waals surface area contributed by atoms with Crippen LogP contribution in [0.15, 0.2) is 0 Å². The fraction of sp³-hybridized carbons (Fsp3) is 0.720. The van der Waals surface area contributed by atoms with Crippen LogP contribution in [0.1, 0.15) is 67.6 Å². The number of benzene rings is 1. The lowest BCUT2D eigenvalue weighted by atomic mass is 9.65. The first kappa shape index (κ1) is 24.6. The van der Waals surface area contributed by atoms with Crippen molar-refractivity contribution in [1.29, 1.82) is 0 Å². The highest BCUT2D eigenvalue weighted by atomic mass is 16.6. The van der Waals surface area contributed by atoms with E-state index in [2.05, 4.69) is 25.7 Å². The summed E-state index contributed by atoms with van der Waals surface area (Å²) in [5.41, 5.74) is 0.549. The van der Waals surface area contributed by atoms with E-state index in [0.717, 1.165) is 25.8 Å². The Bertz CT molecular complexity index is 1040. The van der Waals surface area contributed by atoms with Gasteiger partial charge in [0.15, 0.2) is 17.6 Å². The molecule has 7 atom stereocenters. The average Bonchev–Trinajstić information content (AvgIpc) is 3.01. The Morgan fingerprint density at radius 3 is 2.49 bits per heavy atom. The van der Waals surface area contributed by atoms with Crippen LogP contribution in [0.2, 0.25) is 0 Å². The van der Waals surface area contributed by atoms with Gasteiger partial charge in [0, 0.05) is 30.3 Å². The summed E-state index contributed by atoms with van der Waals surface area (Å²) in [6, 6.07) is 0.271. The van der Waals surface area contributed by atoms with Gasteiger partial charge in [0.2, 0.25) is 5.75 Å². The van der Waals surface area contributed by atoms with Crippen molar-refractivity contribution in [3.63, 3.8) is 0 Å². The molecule has 35 heavy (non-hydrogen) atoms. The van der Waals surface area contributed by atoms with Crippen molar-refractivity contribution in [1.82, 2.24) is 4.90 Å². The summed E-state index contributed by atoms with van der Waals surface area (Å²) >= 11 is 0. The maximum atomic E-state index is 13.2. The normalized spacial score (nSPS) is 38.0. The van der Waals surface area contributed by atoms with Gasteiger partial charge in [-0.05, 0) is 30.1 Å². The van der Waals surface area contributed by atoms with Crippen LogP contribution in [0.25, 0.3) is 0 Å². The molecule has 10 nitrogen and oxygen atoms in total. The van der Waals surface area contributed by atoms with E-state index in [1.165, 1.54) is 7.11 Å². The Labute approximate surface area is 204 Å². The molecule has 3 heterocycles. The lowest BCUT2D eigenvalue weighted by Crippen LogP contribution is -2.58. The van der Waals surface area contributed by atoms with Gasteiger partial charge in [-0.15, -0.1) is 0 Å². The molecule has 3 aliphatic heterocycles. The fourth-order valence-corrected chi connectivity index (χ4v) is 7.23. The quantitative estimate of drug-likeness (QED) is 0.387. The number of likely N-dealkylation sites (tertiary alicyclic amines) is 1. The largest absolute Gasteiger partial charge is 0.504 e. The molecule has 4 aliphatic rings. The maximum Gasteiger partial charge on any atom is 0.339 e. The molecule has 0 aromatic heterocycles. The summed E-state index contributed by atoms with van der Waals surface area (Å²) in [5, 5.41) is 52.6. The third-order valence-electron chi connectivity index (χ3n) is 8.23. The van der Waals surface area contributed by atoms with E-state index in [1.54, 1.807) is 0 Å². The lowest BCUT2D eigenvalue weighted by molar-refractivity contribution is -0.235. The van der Waals surface area contributed by atoms with Gasteiger partial charge in [0.1, 0.15) is 24.4 Å². The number of hydrogen-bond donors (Lipinski definition) is 5. The standard InChI is InChI=1S/C25H35NO9/c1-24(2)5-11-6-25(3,9-24)10-26(11)7-12-14-15(18(30)21(33-4)16(12)28)20-22(35-23(14)32)19(31)17(29)13(8-27)34-20/h11,13,17,19-20,22,27-31H,5-10H2,1-4H3. The van der Waals surface area contributed by atoms with Crippen molar-refractivity contribution >= 4 is 5.97 Å². The minimum Gasteiger partial charge on any atom is -0.504 e. The summed E-state index contributed by atoms with van der Waals surface area (Å²) in [4.78, 5) is 15.5. The Morgan fingerprint density at radius 2 is 1.83 bits per heavy atom. The van der Waals surface area contributed by atoms with Gasteiger partial charge < -0.3 is 39.7 Å². The molecule has 2 bridgehead atoms. The molecule has 1 aliphatic carbocycles. The summed E-state index contributed by atoms with van der Waals surface area (Å²) in [7, 11) is 1.30. The van der Waals surface area contributed by atoms with Crippen molar-refractivity contribution in [2.75, 3.05) is 20.3 Å². The fourth-order valence-electron chi connectivity index (χ4n) is 7.23. The molecule has 1 aromatic carbocycles. The van der Waals surface area contributed by atoms with Gasteiger partial charge in [-0.2, -0.15) is 0 Å². The van der Waals surface area contributed by atoms with E-state index >= 15 is 0 Å². The van der Waals surface area contributed by atoms with Gasteiger partial charge in [0.25, 0.3) is 0 Å². The van der Waals surface area contributed by atoms with Gasteiger partial charge in [0.05, 0.1) is 19.3 Å². The number of aromatic hydroxyl groups is 2. The number of carbonyl (C=O) groups is 1. The van der Waals surface area contributed by atoms with Crippen LogP contribution in [0.5, 0.6) is 17.2 Å². The van der Waals surface area contributed by atoms with E-state index in [0.29, 0.717) is 0 Å². The molecule has 2 saturated heterocycles. The second kappa shape index (κ2) is 8.21. The van der Waals surface area contributed by atoms with E-state index in [-0.39, 0.29) is 51.6 Å². The molecular formula is C25H35NO9. The third kappa shape index (κ3) is 3.77. The van der Waals surface area contributed by atoms with Crippen molar-refractivity contribution in [3.8, 4) is 17.2 Å². The lowest BCUT2D eigenvalue weighted by Gasteiger charge is -2.45. The molecule has 194 valence electrons. The summed E-state index contributed by atoms with van der Waals surface area (Å²) < 4.78 is 16.6. The van der Waals surface area contributed by atoms with Gasteiger partial charge in [-0.1, -0.05) is 20.8 Å². The number of phenolic OH excluding ortho intramolecular Hbond substituents is 2. The number of hydrogen-bond acceptors (Lipinski definition) is 10. The minimum atomic E-state index is -1.54. The number of aliphatic hydroxyl groups is 3. The number of nitrogens with zero attached hydrogens (tertiary/aromatic N) is 1. The SMILES string of the molecule is COc1c(O)c(CN2CC3(C)CC2CC(C)(C)C3)c2c(c1O)C1OC(CO)C(O)C(O)C1OC2=O. The Hall–Kier alpha value is -2.11. The van der Waals surface area contributed by atoms with Crippen LogP contribution in [0.4, 0.5) is 0 Å². The zero-order chi connectivity index (χ0) is 25.4. The van der Waals surface area contributed by atoms with E-state index in [1.807, 2.05) is 0 Å². The minimum absolute atomic E-state index is 0.0222. The molecule has 3 fully saturated rings. The number of carbonyl (C=O) groups excluding carboxylic acids is 1. The van der Waals surface area contributed by atoms with Crippen LogP contribution >= 0.6 is 0 Å². The van der Waals surface area contributed by atoms with E-state index in [9.17, 15) is 30.3 Å². The number of methoxy groups -OCH3 is 1. The molecular weight excluding hydrogens is 458 g/mol. The molecule has 10 heteroatoms. The predicted molar refractivity (Wildman–Crippen MR) is 122 cm³/mol. The highest BCUT2D eigenvalue weighted by Gasteiger charge is 2.54. The Balaban J connectivity index is 1.60. The molecule has 0 amide bonds. The molecule has 0 radical (unpaired) electrons. The zero-order valence-corrected chi connectivity index (χ0v) is 20.5. The third-order valence-corrected chi connectivity index (χ3v) is 8.23. The number of aliphatic hydroxyl groups excluding tert-OH is 3. The predicted octanol–water partition coefficient (Wildman–Crippen LogP) is 1.20. The van der Waals surface area contributed by atoms with Gasteiger partial charge in [-0.25, -0.2) is 4.79 Å². The second-order valence-corrected chi connectivity index (χ2v) is 11.7. The topological polar surface area (TPSA) is 149 Å². The van der Waals surface area contributed by atoms with Crippen LogP contribution < -0.4 is 4.74 Å². The average molecular weight is 494 g/mol. The summed E-state index contributed by atoms with van der Waals surface area (Å²) in [6.07, 6.45) is -3.55. The van der Waals surface area contributed by atoms with Gasteiger partial charge >= 0.3 is 5.97 Å². The van der Waals surface area contributed by atoms with Crippen molar-refractivity contribution in [2.45, 2.75) is 83.1 Å². The number of fused-ring (bicyclic) bond motifs is 5. The second-order valence-electron chi connectivity index (χ2n) is 11.7. The van der Waals surface area contributed by atoms with Crippen LogP contribution in [-0.4, -0.2) is 87.1 Å². The van der Waals surface area contributed by atoms with Crippen LogP contribution in [0.3, 0.4) is 0 Å². The number of phenols is 2. The first-order chi connectivity index (χ1) is 16.4. The molecule has 5 N–H and O–H groups in total. The molecule has 1 saturated carbocycles. The number of esters is 1. The molecule has 0 spiro atoms. The highest BCUT2D eigenvalue weighted by molar-refractivity contribution is 5.97. The van der Waals surface area contributed by atoms with E-state index < -0.39 is 48.8 Å². The Kier molecular flexibility index (Phi) is 5.76. The number of rotatable bonds is 4. The van der Waals surface area contributed by atoms with E-state index in [4.69, 9.17) is 14.2 Å². The van der Waals surface area contributed by atoms with Gasteiger partial charge in [-0.3, -0.25) is 4.90 Å². The molecule has 7 unspecified atom stereocenters. The van der Waals surface area contributed by atoms with Crippen LogP contribution in [-0.2, 0) is 16.0 Å². The molecule has 1 aromatic rings. The van der Waals surface area contributed by atoms with Crippen molar-refractivity contribution in [2.24, 2.45) is 10.8 Å². The van der Waals surface area contributed by atoms with Crippen molar-refractivity contribution in [3.05, 3.63) is 16.7 Å². The van der Waals surface area contributed by atoms with Crippen molar-refractivity contribution < 1.29 is 44.5 Å². The monoisotopic (exact) mass is 493 g/mol. The summed E-state index contributed by atoms with van der Waals surface area (Å²) in [6.45, 7) is 7.25. The maximum absolute atomic E-state index is 13.2. The zero-order valence-electron chi connectivity index (χ0n) is 20.5. The summed E-state index contributed by atoms with van der Waals surface area (Å²) in [5.74, 6) is -1.88. The first-order valence-electron chi connectivity index (χ1n) is 12.1. The Morgan fingerprint density at radius 1 is 1.11 bits per heavy atom. The highest BCUT2D eigenvalue weighted by Crippen LogP contribution is 2.55. The first-order valence-corrected chi connectivity index (χ1v) is 12.1. The van der Waals surface area contributed by atoms with Crippen LogP contribution in [0, 0.1) is 10.8 Å².